The van der Waals surface area contributed by atoms with Gasteiger partial charge in [-0.25, -0.2) is 4.79 Å². The third-order valence-corrected chi connectivity index (χ3v) is 22.1. The van der Waals surface area contributed by atoms with Gasteiger partial charge in [0.05, 0.1) is 29.6 Å². The molecule has 2 aliphatic heterocycles. The molecule has 2 aromatic rings. The topological polar surface area (TPSA) is 192 Å². The van der Waals surface area contributed by atoms with E-state index >= 15 is 0 Å². The summed E-state index contributed by atoms with van der Waals surface area (Å²) in [6, 6.07) is 4.71. The number of likely N-dealkylation sites (tertiary alicyclic amines) is 2. The van der Waals surface area contributed by atoms with Crippen molar-refractivity contribution in [2.24, 2.45) is 0 Å². The van der Waals surface area contributed by atoms with Gasteiger partial charge in [0.25, 0.3) is 23.2 Å². The summed E-state index contributed by atoms with van der Waals surface area (Å²) in [7, 11) is -2.74. The second kappa shape index (κ2) is 19.3. The van der Waals surface area contributed by atoms with Crippen LogP contribution in [-0.4, -0.2) is 110 Å². The highest BCUT2D eigenvalue weighted by molar-refractivity contribution is 6.74. The maximum absolute atomic E-state index is 13.4. The minimum atomic E-state index is -2.06. The number of carbonyl (C=O) groups is 3. The third kappa shape index (κ3) is 11.7. The maximum Gasteiger partial charge on any atom is 0.328 e. The van der Waals surface area contributed by atoms with E-state index in [1.165, 1.54) is 30.2 Å². The number of hydrogen-bond donors (Lipinski definition) is 1. The van der Waals surface area contributed by atoms with Crippen molar-refractivity contribution in [1.82, 2.24) is 9.80 Å². The van der Waals surface area contributed by atoms with Crippen molar-refractivity contribution in [2.45, 2.75) is 155 Å². The third-order valence-electron chi connectivity index (χ3n) is 13.0. The fraction of sp³-hybridized carbons (Fsp3) is 0.651. The van der Waals surface area contributed by atoms with Crippen molar-refractivity contribution >= 4 is 45.8 Å². The molecule has 0 aromatic heterocycles. The fourth-order valence-electron chi connectivity index (χ4n) is 6.95. The highest BCUT2D eigenvalue weighted by Gasteiger charge is 2.45. The van der Waals surface area contributed by atoms with Gasteiger partial charge < -0.3 is 28.5 Å². The first-order chi connectivity index (χ1) is 27.5. The van der Waals surface area contributed by atoms with Crippen LogP contribution in [0.25, 0.3) is 0 Å². The molecular weight excluding hydrogens is 805 g/mol. The molecule has 4 atom stereocenters. The van der Waals surface area contributed by atoms with Gasteiger partial charge in [-0.05, 0) is 118 Å². The minimum Gasteiger partial charge on any atom is -0.467 e. The van der Waals surface area contributed by atoms with Crippen LogP contribution in [0, 0.1) is 47.9 Å². The molecule has 0 saturated carbocycles. The molecule has 17 heteroatoms. The van der Waals surface area contributed by atoms with E-state index < -0.39 is 56.3 Å². The highest BCUT2D eigenvalue weighted by atomic mass is 28.4. The Kier molecular flexibility index (Phi) is 16.2. The number of esters is 1. The lowest BCUT2D eigenvalue weighted by molar-refractivity contribution is -0.385. The van der Waals surface area contributed by atoms with E-state index in [9.17, 15) is 39.7 Å². The number of ether oxygens (including phenoxy) is 1. The Balaban J connectivity index is 0.000000321. The summed E-state index contributed by atoms with van der Waals surface area (Å²) in [4.78, 5) is 64.1. The molecule has 2 aliphatic rings. The Morgan fingerprint density at radius 2 is 1.07 bits per heavy atom. The molecule has 0 radical (unpaired) electrons. The Labute approximate surface area is 357 Å². The van der Waals surface area contributed by atoms with Gasteiger partial charge in [-0.15, -0.1) is 0 Å². The van der Waals surface area contributed by atoms with Crippen LogP contribution in [0.2, 0.25) is 36.3 Å². The molecule has 4 rings (SSSR count). The van der Waals surface area contributed by atoms with Crippen LogP contribution in [-0.2, 0) is 18.4 Å². The Morgan fingerprint density at radius 3 is 1.43 bits per heavy atom. The van der Waals surface area contributed by atoms with Gasteiger partial charge in [-0.1, -0.05) is 41.5 Å². The van der Waals surface area contributed by atoms with Gasteiger partial charge in [0.15, 0.2) is 16.6 Å². The van der Waals surface area contributed by atoms with Crippen LogP contribution in [0.4, 0.5) is 11.4 Å². The predicted molar refractivity (Wildman–Crippen MR) is 236 cm³/mol. The van der Waals surface area contributed by atoms with Crippen molar-refractivity contribution in [3.63, 3.8) is 0 Å². The van der Waals surface area contributed by atoms with Crippen LogP contribution in [0.15, 0.2) is 24.3 Å². The number of nitrogens with zero attached hydrogens (tertiary/aromatic N) is 4. The van der Waals surface area contributed by atoms with E-state index in [0.29, 0.717) is 32.2 Å². The van der Waals surface area contributed by atoms with Gasteiger partial charge in [-0.2, -0.15) is 0 Å². The van der Waals surface area contributed by atoms with Crippen LogP contribution >= 0.6 is 0 Å². The predicted octanol–water partition coefficient (Wildman–Crippen LogP) is 8.58. The highest BCUT2D eigenvalue weighted by Crippen LogP contribution is 2.41. The molecule has 0 bridgehead atoms. The number of methoxy groups -OCH3 is 1. The lowest BCUT2D eigenvalue weighted by atomic mass is 9.97. The lowest BCUT2D eigenvalue weighted by Crippen LogP contribution is -2.54. The normalized spacial score (nSPS) is 20.2. The van der Waals surface area contributed by atoms with E-state index in [2.05, 4.69) is 67.7 Å². The van der Waals surface area contributed by atoms with E-state index in [0.717, 1.165) is 22.3 Å². The molecule has 2 heterocycles. The maximum atomic E-state index is 13.4. The number of benzene rings is 2. The van der Waals surface area contributed by atoms with Gasteiger partial charge >= 0.3 is 5.97 Å². The number of aliphatic hydroxyl groups excluding tert-OH is 1. The van der Waals surface area contributed by atoms with Gasteiger partial charge in [0.1, 0.15) is 17.2 Å². The van der Waals surface area contributed by atoms with Gasteiger partial charge in [0, 0.05) is 43.9 Å². The minimum absolute atomic E-state index is 0.00855. The molecule has 2 amide bonds. The summed E-state index contributed by atoms with van der Waals surface area (Å²) in [6.45, 7) is 29.3. The largest absolute Gasteiger partial charge is 0.467 e. The first-order valence-electron chi connectivity index (χ1n) is 20.7. The monoisotopic (exact) mass is 872 g/mol. The number of aryl methyl sites for hydroxylation is 4. The molecular formula is C43H68N4O11Si2. The van der Waals surface area contributed by atoms with E-state index in [1.807, 2.05) is 6.92 Å². The number of nitro groups is 2. The van der Waals surface area contributed by atoms with Crippen molar-refractivity contribution in [3.05, 3.63) is 77.9 Å². The van der Waals surface area contributed by atoms with E-state index in [-0.39, 0.29) is 57.9 Å². The second-order valence-electron chi connectivity index (χ2n) is 19.3. The number of carbonyl (C=O) groups excluding carboxylic acids is 3. The van der Waals surface area contributed by atoms with E-state index in [1.54, 1.807) is 31.7 Å². The molecule has 1 N–H and O–H groups in total. The summed E-state index contributed by atoms with van der Waals surface area (Å²) >= 11 is 0. The van der Waals surface area contributed by atoms with Crippen LogP contribution < -0.4 is 0 Å². The SMILES string of the molecule is COC(=O)[C@@H]1C[C@H](O[Si](C)(C)C(C)(C)C)CCN1C(=O)c1cc(C)c(C)cc1[N+](=O)[O-].Cc1cc(C(=O)N2CC[C@@H](O[Si](C)(C)C(C)(C)C)C[C@H]2CO)c([N+](=O)[O-])cc1C. The summed E-state index contributed by atoms with van der Waals surface area (Å²) in [5.74, 6) is -1.47. The smallest absolute Gasteiger partial charge is 0.328 e. The Hall–Kier alpha value is -4.04. The number of amides is 2. The van der Waals surface area contributed by atoms with Crippen LogP contribution in [0.3, 0.4) is 0 Å². The number of rotatable bonds is 10. The Bertz CT molecular complexity index is 1940. The molecule has 0 spiro atoms. The van der Waals surface area contributed by atoms with Crippen molar-refractivity contribution < 1.29 is 42.9 Å². The summed E-state index contributed by atoms with van der Waals surface area (Å²) in [5, 5.41) is 33.1. The molecule has 2 aromatic carbocycles. The summed E-state index contributed by atoms with van der Waals surface area (Å²) in [5.41, 5.74) is 2.75. The number of nitro benzene ring substituents is 2. The van der Waals surface area contributed by atoms with Gasteiger partial charge in [-0.3, -0.25) is 29.8 Å². The molecule has 2 saturated heterocycles. The average molecular weight is 873 g/mol. The van der Waals surface area contributed by atoms with Crippen molar-refractivity contribution in [2.75, 3.05) is 26.8 Å². The zero-order valence-corrected chi connectivity index (χ0v) is 40.4. The van der Waals surface area contributed by atoms with Crippen LogP contribution in [0.1, 0.15) is 110 Å². The zero-order valence-electron chi connectivity index (χ0n) is 38.4. The fourth-order valence-corrected chi connectivity index (χ4v) is 9.75. The zero-order chi connectivity index (χ0) is 45.9. The van der Waals surface area contributed by atoms with Crippen LogP contribution in [0.5, 0.6) is 0 Å². The molecule has 0 aliphatic carbocycles. The summed E-state index contributed by atoms with van der Waals surface area (Å²) in [6.07, 6.45) is 1.87. The van der Waals surface area contributed by atoms with Crippen molar-refractivity contribution in [1.29, 1.82) is 0 Å². The molecule has 15 nitrogen and oxygen atoms in total. The number of piperidine rings is 2. The first-order valence-corrected chi connectivity index (χ1v) is 26.5. The summed E-state index contributed by atoms with van der Waals surface area (Å²) < 4.78 is 17.9. The molecule has 2 fully saturated rings. The first kappa shape index (κ1) is 50.3. The van der Waals surface area contributed by atoms with Crippen molar-refractivity contribution in [3.8, 4) is 0 Å². The van der Waals surface area contributed by atoms with E-state index in [4.69, 9.17) is 13.6 Å². The standard InChI is InChI=1S/C22H34N2O6Si.C21H34N2O5Si/c1-14-11-17(18(24(27)28)12-15(14)2)20(25)23-10-9-16(13-19(23)21(26)29-6)30-31(7,8)22(3,4)5;1-14-10-18(19(23(26)27)11-15(14)2)20(25)22-9-8-17(12-16(22)13-24)28-29(6,7)21(3,4)5/h11-12,16,19H,9-10,13H2,1-8H3;10-11,16-17,24H,8-9,12-13H2,1-7H3/t16-,19+;16-,17+/m10/s1. The molecule has 60 heavy (non-hydrogen) atoms. The lowest BCUT2D eigenvalue weighted by Gasteiger charge is -2.44. The quantitative estimate of drug-likeness (QED) is 0.104. The second-order valence-corrected chi connectivity index (χ2v) is 28.9. The molecule has 334 valence electrons. The number of aliphatic hydroxyl groups is 1. The van der Waals surface area contributed by atoms with Gasteiger partial charge in [0.2, 0.25) is 0 Å². The molecule has 0 unspecified atom stereocenters. The Morgan fingerprint density at radius 1 is 0.700 bits per heavy atom. The number of hydrogen-bond acceptors (Lipinski definition) is 11. The average Bonchev–Trinajstić information content (AvgIpc) is 3.14.